The Labute approximate surface area is 102 Å². The number of aryl methyl sites for hydroxylation is 1. The number of aromatic nitrogens is 3. The Balaban J connectivity index is 1.82. The number of nitrogens with one attached hydrogen (secondary N) is 1. The van der Waals surface area contributed by atoms with Crippen LogP contribution in [0.25, 0.3) is 0 Å². The SMILES string of the molecule is Cc1nnc(C(C)N2CCNCC2)n1C1CC1. The van der Waals surface area contributed by atoms with Gasteiger partial charge in [-0.3, -0.25) is 4.90 Å². The largest absolute Gasteiger partial charge is 0.314 e. The minimum atomic E-state index is 0.388. The van der Waals surface area contributed by atoms with E-state index < -0.39 is 0 Å². The molecule has 1 atom stereocenters. The summed E-state index contributed by atoms with van der Waals surface area (Å²) < 4.78 is 2.35. The van der Waals surface area contributed by atoms with Gasteiger partial charge in [0.1, 0.15) is 11.6 Å². The van der Waals surface area contributed by atoms with E-state index in [1.807, 2.05) is 0 Å². The summed E-state index contributed by atoms with van der Waals surface area (Å²) in [5.41, 5.74) is 0. The first kappa shape index (κ1) is 11.2. The molecule has 0 spiro atoms. The molecule has 17 heavy (non-hydrogen) atoms. The highest BCUT2D eigenvalue weighted by Gasteiger charge is 2.31. The molecule has 1 unspecified atom stereocenters. The van der Waals surface area contributed by atoms with E-state index in [9.17, 15) is 0 Å². The molecule has 5 heteroatoms. The second-order valence-electron chi connectivity index (χ2n) is 5.17. The van der Waals surface area contributed by atoms with Gasteiger partial charge in [0.05, 0.1) is 6.04 Å². The summed E-state index contributed by atoms with van der Waals surface area (Å²) in [5.74, 6) is 2.23. The normalized spacial score (nSPS) is 23.9. The van der Waals surface area contributed by atoms with E-state index in [1.165, 1.54) is 12.8 Å². The maximum Gasteiger partial charge on any atom is 0.150 e. The molecule has 1 aliphatic carbocycles. The molecule has 0 amide bonds. The smallest absolute Gasteiger partial charge is 0.150 e. The Kier molecular flexibility index (Phi) is 2.88. The van der Waals surface area contributed by atoms with Crippen LogP contribution in [0.2, 0.25) is 0 Å². The average Bonchev–Trinajstić information content (AvgIpc) is 3.13. The van der Waals surface area contributed by atoms with Crippen molar-refractivity contribution in [3.63, 3.8) is 0 Å². The zero-order valence-electron chi connectivity index (χ0n) is 10.7. The quantitative estimate of drug-likeness (QED) is 0.845. The maximum absolute atomic E-state index is 4.40. The van der Waals surface area contributed by atoms with Gasteiger partial charge in [-0.1, -0.05) is 0 Å². The molecule has 1 saturated heterocycles. The van der Waals surface area contributed by atoms with E-state index >= 15 is 0 Å². The van der Waals surface area contributed by atoms with Crippen LogP contribution in [0.15, 0.2) is 0 Å². The van der Waals surface area contributed by atoms with E-state index in [1.54, 1.807) is 0 Å². The third-order valence-electron chi connectivity index (χ3n) is 3.88. The van der Waals surface area contributed by atoms with Crippen molar-refractivity contribution < 1.29 is 0 Å². The van der Waals surface area contributed by atoms with Gasteiger partial charge >= 0.3 is 0 Å². The Morgan fingerprint density at radius 2 is 1.94 bits per heavy atom. The molecule has 0 radical (unpaired) electrons. The molecular formula is C12H21N5. The van der Waals surface area contributed by atoms with Gasteiger partial charge in [0, 0.05) is 32.2 Å². The summed E-state index contributed by atoms with van der Waals surface area (Å²) in [6, 6.07) is 1.06. The van der Waals surface area contributed by atoms with Crippen LogP contribution in [-0.4, -0.2) is 45.8 Å². The Bertz CT molecular complexity index is 390. The highest BCUT2D eigenvalue weighted by molar-refractivity contribution is 5.05. The van der Waals surface area contributed by atoms with E-state index in [0.29, 0.717) is 12.1 Å². The topological polar surface area (TPSA) is 46.0 Å². The first-order valence-corrected chi connectivity index (χ1v) is 6.63. The fourth-order valence-electron chi connectivity index (χ4n) is 2.69. The Morgan fingerprint density at radius 1 is 1.24 bits per heavy atom. The highest BCUT2D eigenvalue weighted by Crippen LogP contribution is 2.38. The predicted octanol–water partition coefficient (Wildman–Crippen LogP) is 0.888. The monoisotopic (exact) mass is 235 g/mol. The van der Waals surface area contributed by atoms with E-state index in [0.717, 1.165) is 37.8 Å². The summed E-state index contributed by atoms with van der Waals surface area (Å²) in [6.45, 7) is 8.71. The third-order valence-corrected chi connectivity index (χ3v) is 3.88. The van der Waals surface area contributed by atoms with Gasteiger partial charge in [0.25, 0.3) is 0 Å². The van der Waals surface area contributed by atoms with Gasteiger partial charge in [-0.2, -0.15) is 0 Å². The standard InChI is InChI=1S/C12H21N5/c1-9(16-7-5-13-6-8-16)12-15-14-10(2)17(12)11-3-4-11/h9,11,13H,3-8H2,1-2H3. The first-order valence-electron chi connectivity index (χ1n) is 6.63. The first-order chi connectivity index (χ1) is 8.27. The van der Waals surface area contributed by atoms with E-state index in [2.05, 4.69) is 38.8 Å². The van der Waals surface area contributed by atoms with Gasteiger partial charge in [0.2, 0.25) is 0 Å². The minimum Gasteiger partial charge on any atom is -0.314 e. The second-order valence-corrected chi connectivity index (χ2v) is 5.17. The molecule has 1 saturated carbocycles. The van der Waals surface area contributed by atoms with Crippen LogP contribution in [0.4, 0.5) is 0 Å². The lowest BCUT2D eigenvalue weighted by molar-refractivity contribution is 0.175. The minimum absolute atomic E-state index is 0.388. The fourth-order valence-corrected chi connectivity index (χ4v) is 2.69. The van der Waals surface area contributed by atoms with Crippen molar-refractivity contribution in [1.82, 2.24) is 25.0 Å². The summed E-state index contributed by atoms with van der Waals surface area (Å²) >= 11 is 0. The lowest BCUT2D eigenvalue weighted by Gasteiger charge is -2.32. The van der Waals surface area contributed by atoms with Crippen molar-refractivity contribution in [2.24, 2.45) is 0 Å². The van der Waals surface area contributed by atoms with Crippen LogP contribution >= 0.6 is 0 Å². The molecule has 1 N–H and O–H groups in total. The maximum atomic E-state index is 4.40. The molecule has 94 valence electrons. The number of hydrogen-bond acceptors (Lipinski definition) is 4. The van der Waals surface area contributed by atoms with Crippen LogP contribution < -0.4 is 5.32 Å². The molecule has 0 bridgehead atoms. The molecule has 0 aromatic carbocycles. The molecule has 2 fully saturated rings. The molecule has 3 rings (SSSR count). The second kappa shape index (κ2) is 4.38. The third kappa shape index (κ3) is 2.09. The van der Waals surface area contributed by atoms with Crippen LogP contribution in [-0.2, 0) is 0 Å². The molecule has 2 heterocycles. The zero-order valence-corrected chi connectivity index (χ0v) is 10.7. The van der Waals surface area contributed by atoms with Crippen molar-refractivity contribution in [2.45, 2.75) is 38.8 Å². The Morgan fingerprint density at radius 3 is 2.59 bits per heavy atom. The van der Waals surface area contributed by atoms with E-state index in [-0.39, 0.29) is 0 Å². The van der Waals surface area contributed by atoms with Crippen LogP contribution in [0.5, 0.6) is 0 Å². The van der Waals surface area contributed by atoms with Gasteiger partial charge in [-0.05, 0) is 26.7 Å². The number of nitrogens with zero attached hydrogens (tertiary/aromatic N) is 4. The van der Waals surface area contributed by atoms with Crippen LogP contribution in [0.1, 0.15) is 43.5 Å². The van der Waals surface area contributed by atoms with Crippen LogP contribution in [0, 0.1) is 6.92 Å². The Hall–Kier alpha value is -0.940. The molecule has 2 aliphatic rings. The number of hydrogen-bond donors (Lipinski definition) is 1. The van der Waals surface area contributed by atoms with Crippen LogP contribution in [0.3, 0.4) is 0 Å². The predicted molar refractivity (Wildman–Crippen MR) is 65.9 cm³/mol. The molecule has 1 aromatic rings. The number of piperazine rings is 1. The summed E-state index contributed by atoms with van der Waals surface area (Å²) in [5, 5.41) is 12.1. The van der Waals surface area contributed by atoms with Crippen molar-refractivity contribution in [2.75, 3.05) is 26.2 Å². The zero-order chi connectivity index (χ0) is 11.8. The summed E-state index contributed by atoms with van der Waals surface area (Å²) in [7, 11) is 0. The lowest BCUT2D eigenvalue weighted by Crippen LogP contribution is -2.45. The summed E-state index contributed by atoms with van der Waals surface area (Å²) in [6.07, 6.45) is 2.58. The van der Waals surface area contributed by atoms with Crippen molar-refractivity contribution in [3.8, 4) is 0 Å². The van der Waals surface area contributed by atoms with Crippen molar-refractivity contribution >= 4 is 0 Å². The van der Waals surface area contributed by atoms with Crippen molar-refractivity contribution in [3.05, 3.63) is 11.6 Å². The van der Waals surface area contributed by atoms with Crippen molar-refractivity contribution in [1.29, 1.82) is 0 Å². The lowest BCUT2D eigenvalue weighted by atomic mass is 10.2. The number of rotatable bonds is 3. The van der Waals surface area contributed by atoms with E-state index in [4.69, 9.17) is 0 Å². The van der Waals surface area contributed by atoms with Gasteiger partial charge < -0.3 is 9.88 Å². The molecule has 1 aliphatic heterocycles. The molecular weight excluding hydrogens is 214 g/mol. The fraction of sp³-hybridized carbons (Fsp3) is 0.833. The molecule has 5 nitrogen and oxygen atoms in total. The molecule has 1 aromatic heterocycles. The average molecular weight is 235 g/mol. The van der Waals surface area contributed by atoms with Gasteiger partial charge in [-0.15, -0.1) is 10.2 Å². The highest BCUT2D eigenvalue weighted by atomic mass is 15.3. The van der Waals surface area contributed by atoms with Gasteiger partial charge in [0.15, 0.2) is 0 Å². The summed E-state index contributed by atoms with van der Waals surface area (Å²) in [4.78, 5) is 2.50. The van der Waals surface area contributed by atoms with Gasteiger partial charge in [-0.25, -0.2) is 0 Å².